The predicted octanol–water partition coefficient (Wildman–Crippen LogP) is -0.260. The average Bonchev–Trinajstić information content (AvgIpc) is 2.42. The summed E-state index contributed by atoms with van der Waals surface area (Å²) in [4.78, 5) is 16.4. The van der Waals surface area contributed by atoms with Gasteiger partial charge in [-0.2, -0.15) is 0 Å². The third-order valence-electron chi connectivity index (χ3n) is 4.18. The molecule has 0 aromatic rings. The summed E-state index contributed by atoms with van der Waals surface area (Å²) >= 11 is 0. The highest BCUT2D eigenvalue weighted by Crippen LogP contribution is 2.14. The summed E-state index contributed by atoms with van der Waals surface area (Å²) in [7, 11) is 0. The van der Waals surface area contributed by atoms with Crippen molar-refractivity contribution in [3.05, 3.63) is 0 Å². The Morgan fingerprint density at radius 2 is 1.79 bits per heavy atom. The van der Waals surface area contributed by atoms with Crippen LogP contribution in [-0.2, 0) is 4.79 Å². The Kier molecular flexibility index (Phi) is 6.07. The molecule has 0 unspecified atom stereocenters. The number of likely N-dealkylation sites (N-methyl/N-ethyl adjacent to an activating group) is 1. The molecule has 1 amide bonds. The molecule has 0 aromatic heterocycles. The van der Waals surface area contributed by atoms with Crippen molar-refractivity contribution in [1.29, 1.82) is 0 Å². The summed E-state index contributed by atoms with van der Waals surface area (Å²) in [6, 6.07) is 0. The van der Waals surface area contributed by atoms with Gasteiger partial charge in [0.1, 0.15) is 0 Å². The molecule has 19 heavy (non-hydrogen) atoms. The number of carbonyl (C=O) groups is 1. The molecule has 110 valence electrons. The summed E-state index contributed by atoms with van der Waals surface area (Å²) in [6.45, 7) is 11.2. The average molecular weight is 268 g/mol. The molecule has 0 aliphatic carbocycles. The van der Waals surface area contributed by atoms with Gasteiger partial charge in [-0.15, -0.1) is 0 Å². The number of amides is 1. The van der Waals surface area contributed by atoms with E-state index >= 15 is 0 Å². The van der Waals surface area contributed by atoms with Crippen LogP contribution in [0.4, 0.5) is 0 Å². The number of nitrogens with one attached hydrogen (secondary N) is 2. The third-order valence-corrected chi connectivity index (χ3v) is 4.18. The minimum atomic E-state index is 0.161. The van der Waals surface area contributed by atoms with Crippen LogP contribution in [0, 0.1) is 5.92 Å². The number of carbonyl (C=O) groups excluding carboxylic acids is 1. The predicted molar refractivity (Wildman–Crippen MR) is 77.2 cm³/mol. The second-order valence-electron chi connectivity index (χ2n) is 5.72. The Hall–Kier alpha value is -0.650. The van der Waals surface area contributed by atoms with Gasteiger partial charge in [-0.05, 0) is 38.8 Å². The van der Waals surface area contributed by atoms with Crippen LogP contribution in [0.2, 0.25) is 0 Å². The van der Waals surface area contributed by atoms with Crippen molar-refractivity contribution < 1.29 is 4.79 Å². The van der Waals surface area contributed by atoms with Crippen LogP contribution in [0.15, 0.2) is 0 Å². The Morgan fingerprint density at radius 3 is 2.42 bits per heavy atom. The molecule has 5 heteroatoms. The summed E-state index contributed by atoms with van der Waals surface area (Å²) in [5.41, 5.74) is 0. The minimum Gasteiger partial charge on any atom is -0.355 e. The largest absolute Gasteiger partial charge is 0.355 e. The molecule has 0 aromatic carbocycles. The molecule has 5 nitrogen and oxygen atoms in total. The first-order valence-electron chi connectivity index (χ1n) is 7.70. The molecule has 2 rings (SSSR count). The van der Waals surface area contributed by atoms with Crippen molar-refractivity contribution in [2.24, 2.45) is 5.92 Å². The molecular formula is C14H28N4O. The first-order chi connectivity index (χ1) is 9.28. The van der Waals surface area contributed by atoms with Crippen LogP contribution in [0.1, 0.15) is 19.8 Å². The zero-order valence-electron chi connectivity index (χ0n) is 12.2. The zero-order chi connectivity index (χ0) is 13.5. The van der Waals surface area contributed by atoms with E-state index in [9.17, 15) is 4.79 Å². The van der Waals surface area contributed by atoms with E-state index in [-0.39, 0.29) is 5.91 Å². The van der Waals surface area contributed by atoms with E-state index in [0.717, 1.165) is 38.6 Å². The lowest BCUT2D eigenvalue weighted by molar-refractivity contribution is -0.122. The van der Waals surface area contributed by atoms with Gasteiger partial charge in [0.15, 0.2) is 0 Å². The normalized spacial score (nSPS) is 23.4. The van der Waals surface area contributed by atoms with E-state index in [4.69, 9.17) is 0 Å². The van der Waals surface area contributed by atoms with Crippen molar-refractivity contribution in [3.8, 4) is 0 Å². The van der Waals surface area contributed by atoms with E-state index < -0.39 is 0 Å². The summed E-state index contributed by atoms with van der Waals surface area (Å²) < 4.78 is 0. The molecule has 2 N–H and O–H groups in total. The van der Waals surface area contributed by atoms with Gasteiger partial charge in [-0.1, -0.05) is 0 Å². The maximum Gasteiger partial charge on any atom is 0.234 e. The first kappa shape index (κ1) is 14.8. The van der Waals surface area contributed by atoms with Crippen molar-refractivity contribution in [2.75, 3.05) is 58.9 Å². The molecular weight excluding hydrogens is 240 g/mol. The SMILES string of the molecule is CCNC(=O)CN1CCN(CC2CCNCC2)CC1. The van der Waals surface area contributed by atoms with Crippen LogP contribution < -0.4 is 10.6 Å². The number of nitrogens with zero attached hydrogens (tertiary/aromatic N) is 2. The van der Waals surface area contributed by atoms with Crippen LogP contribution in [0.25, 0.3) is 0 Å². The number of piperazine rings is 1. The lowest BCUT2D eigenvalue weighted by Gasteiger charge is -2.37. The lowest BCUT2D eigenvalue weighted by Crippen LogP contribution is -2.50. The van der Waals surface area contributed by atoms with Crippen LogP contribution >= 0.6 is 0 Å². The van der Waals surface area contributed by atoms with Gasteiger partial charge in [0, 0.05) is 39.3 Å². The number of hydrogen-bond acceptors (Lipinski definition) is 4. The van der Waals surface area contributed by atoms with Crippen molar-refractivity contribution in [3.63, 3.8) is 0 Å². The number of hydrogen-bond donors (Lipinski definition) is 2. The quantitative estimate of drug-likeness (QED) is 0.721. The van der Waals surface area contributed by atoms with E-state index in [1.807, 2.05) is 6.92 Å². The second-order valence-corrected chi connectivity index (χ2v) is 5.72. The van der Waals surface area contributed by atoms with Crippen molar-refractivity contribution >= 4 is 5.91 Å². The monoisotopic (exact) mass is 268 g/mol. The highest BCUT2D eigenvalue weighted by Gasteiger charge is 2.22. The van der Waals surface area contributed by atoms with Crippen LogP contribution in [-0.4, -0.2) is 74.6 Å². The van der Waals surface area contributed by atoms with E-state index in [1.54, 1.807) is 0 Å². The molecule has 2 aliphatic heterocycles. The molecule has 2 saturated heterocycles. The first-order valence-corrected chi connectivity index (χ1v) is 7.70. The molecule has 2 aliphatic rings. The lowest BCUT2D eigenvalue weighted by atomic mass is 9.97. The van der Waals surface area contributed by atoms with E-state index in [1.165, 1.54) is 32.5 Å². The highest BCUT2D eigenvalue weighted by atomic mass is 16.2. The molecule has 2 fully saturated rings. The zero-order valence-corrected chi connectivity index (χ0v) is 12.2. The van der Waals surface area contributed by atoms with Gasteiger partial charge in [-0.25, -0.2) is 0 Å². The fraction of sp³-hybridized carbons (Fsp3) is 0.929. The van der Waals surface area contributed by atoms with E-state index in [2.05, 4.69) is 20.4 Å². The Labute approximate surface area is 116 Å². The highest BCUT2D eigenvalue weighted by molar-refractivity contribution is 5.77. The molecule has 0 atom stereocenters. The molecule has 2 heterocycles. The van der Waals surface area contributed by atoms with Crippen LogP contribution in [0.5, 0.6) is 0 Å². The second kappa shape index (κ2) is 7.82. The standard InChI is InChI=1S/C14H28N4O/c1-2-16-14(19)12-18-9-7-17(8-10-18)11-13-3-5-15-6-4-13/h13,15H,2-12H2,1H3,(H,16,19). The van der Waals surface area contributed by atoms with Crippen molar-refractivity contribution in [2.45, 2.75) is 19.8 Å². The number of piperidine rings is 1. The summed E-state index contributed by atoms with van der Waals surface area (Å²) in [5.74, 6) is 1.03. The van der Waals surface area contributed by atoms with Crippen LogP contribution in [0.3, 0.4) is 0 Å². The topological polar surface area (TPSA) is 47.6 Å². The molecule has 0 bridgehead atoms. The maximum absolute atomic E-state index is 11.5. The van der Waals surface area contributed by atoms with Gasteiger partial charge < -0.3 is 15.5 Å². The van der Waals surface area contributed by atoms with Gasteiger partial charge in [-0.3, -0.25) is 9.69 Å². The van der Waals surface area contributed by atoms with Gasteiger partial charge in [0.05, 0.1) is 6.54 Å². The van der Waals surface area contributed by atoms with Crippen molar-refractivity contribution in [1.82, 2.24) is 20.4 Å². The smallest absolute Gasteiger partial charge is 0.234 e. The van der Waals surface area contributed by atoms with Gasteiger partial charge in [0.25, 0.3) is 0 Å². The van der Waals surface area contributed by atoms with Gasteiger partial charge in [0.2, 0.25) is 5.91 Å². The molecule has 0 spiro atoms. The maximum atomic E-state index is 11.5. The third kappa shape index (κ3) is 5.09. The fourth-order valence-electron chi connectivity index (χ4n) is 3.02. The summed E-state index contributed by atoms with van der Waals surface area (Å²) in [6.07, 6.45) is 2.64. The minimum absolute atomic E-state index is 0.161. The molecule has 0 saturated carbocycles. The Bertz CT molecular complexity index is 271. The molecule has 0 radical (unpaired) electrons. The Morgan fingerprint density at radius 1 is 1.16 bits per heavy atom. The van der Waals surface area contributed by atoms with E-state index in [0.29, 0.717) is 6.54 Å². The Balaban J connectivity index is 1.63. The number of rotatable bonds is 5. The fourth-order valence-corrected chi connectivity index (χ4v) is 3.02. The summed E-state index contributed by atoms with van der Waals surface area (Å²) in [5, 5.41) is 6.29. The van der Waals surface area contributed by atoms with Gasteiger partial charge >= 0.3 is 0 Å².